The molecule has 1 saturated heterocycles. The Morgan fingerprint density at radius 1 is 1.21 bits per heavy atom. The zero-order valence-corrected chi connectivity index (χ0v) is 21.8. The van der Waals surface area contributed by atoms with Crippen molar-refractivity contribution in [2.75, 3.05) is 23.3 Å². The maximum absolute atomic E-state index is 14.7. The summed E-state index contributed by atoms with van der Waals surface area (Å²) in [4.78, 5) is 24.9. The Morgan fingerprint density at radius 3 is 2.79 bits per heavy atom. The van der Waals surface area contributed by atoms with Crippen LogP contribution >= 0.6 is 0 Å². The number of nitrogens with one attached hydrogen (secondary N) is 2. The number of nitrogens with zero attached hydrogens (tertiary/aromatic N) is 5. The van der Waals surface area contributed by atoms with Crippen LogP contribution in [0.4, 0.5) is 15.8 Å². The molecule has 11 heteroatoms. The Morgan fingerprint density at radius 2 is 2.03 bits per heavy atom. The predicted octanol–water partition coefficient (Wildman–Crippen LogP) is 4.27. The van der Waals surface area contributed by atoms with Crippen LogP contribution in [0.25, 0.3) is 21.8 Å². The zero-order valence-electron chi connectivity index (χ0n) is 21.8. The molecule has 2 aromatic carbocycles. The SMILES string of the molecule is CC1CN(c2ccc(C(=O)Nc3cc(F)c4nn(C)cc4c3)c3nc(OCc4ccoc4)ncc23)CC(C)N1. The fourth-order valence-electron chi connectivity index (χ4n) is 5.15. The summed E-state index contributed by atoms with van der Waals surface area (Å²) >= 11 is 0. The summed E-state index contributed by atoms with van der Waals surface area (Å²) in [6.07, 6.45) is 6.54. The smallest absolute Gasteiger partial charge is 0.317 e. The van der Waals surface area contributed by atoms with Gasteiger partial charge in [-0.15, -0.1) is 0 Å². The van der Waals surface area contributed by atoms with Crippen molar-refractivity contribution in [3.63, 3.8) is 0 Å². The average Bonchev–Trinajstić information content (AvgIpc) is 3.55. The number of aromatic nitrogens is 4. The second kappa shape index (κ2) is 9.99. The van der Waals surface area contributed by atoms with Crippen LogP contribution in [-0.2, 0) is 13.7 Å². The van der Waals surface area contributed by atoms with E-state index >= 15 is 0 Å². The first-order valence-electron chi connectivity index (χ1n) is 12.7. The normalized spacial score (nSPS) is 17.6. The molecule has 1 aliphatic heterocycles. The van der Waals surface area contributed by atoms with Crippen molar-refractivity contribution in [2.24, 2.45) is 7.05 Å². The summed E-state index contributed by atoms with van der Waals surface area (Å²) in [6, 6.07) is 9.14. The minimum Gasteiger partial charge on any atom is -0.472 e. The lowest BCUT2D eigenvalue weighted by atomic mass is 10.0. The largest absolute Gasteiger partial charge is 0.472 e. The van der Waals surface area contributed by atoms with E-state index in [1.807, 2.05) is 6.07 Å². The molecule has 10 nitrogen and oxygen atoms in total. The van der Waals surface area contributed by atoms with Gasteiger partial charge < -0.3 is 24.7 Å². The molecule has 4 heterocycles. The quantitative estimate of drug-likeness (QED) is 0.336. The molecule has 0 saturated carbocycles. The van der Waals surface area contributed by atoms with E-state index < -0.39 is 11.7 Å². The van der Waals surface area contributed by atoms with Crippen LogP contribution in [0, 0.1) is 5.82 Å². The van der Waals surface area contributed by atoms with Crippen molar-refractivity contribution < 1.29 is 18.3 Å². The Balaban J connectivity index is 1.38. The van der Waals surface area contributed by atoms with Gasteiger partial charge >= 0.3 is 6.01 Å². The van der Waals surface area contributed by atoms with Gasteiger partial charge in [-0.3, -0.25) is 9.48 Å². The molecular formula is C28H28FN7O3. The summed E-state index contributed by atoms with van der Waals surface area (Å²) in [6.45, 7) is 6.11. The lowest BCUT2D eigenvalue weighted by Gasteiger charge is -2.38. The summed E-state index contributed by atoms with van der Waals surface area (Å²) < 4.78 is 27.1. The van der Waals surface area contributed by atoms with Crippen LogP contribution in [0.1, 0.15) is 29.8 Å². The van der Waals surface area contributed by atoms with Crippen LogP contribution in [0.3, 0.4) is 0 Å². The highest BCUT2D eigenvalue weighted by Gasteiger charge is 2.25. The molecule has 1 fully saturated rings. The molecule has 39 heavy (non-hydrogen) atoms. The first kappa shape index (κ1) is 24.8. The van der Waals surface area contributed by atoms with Gasteiger partial charge in [-0.05, 0) is 44.2 Å². The second-order valence-corrected chi connectivity index (χ2v) is 9.99. The van der Waals surface area contributed by atoms with Crippen LogP contribution < -0.4 is 20.3 Å². The highest BCUT2D eigenvalue weighted by atomic mass is 19.1. The molecule has 5 aromatic rings. The van der Waals surface area contributed by atoms with Gasteiger partial charge in [0.25, 0.3) is 5.91 Å². The fourth-order valence-corrected chi connectivity index (χ4v) is 5.15. The fraction of sp³-hybridized carbons (Fsp3) is 0.286. The Bertz CT molecular complexity index is 1660. The molecule has 0 spiro atoms. The van der Waals surface area contributed by atoms with Crippen molar-refractivity contribution in [3.05, 3.63) is 72.2 Å². The van der Waals surface area contributed by atoms with Crippen molar-refractivity contribution in [3.8, 4) is 6.01 Å². The molecule has 0 aliphatic carbocycles. The molecule has 1 aliphatic rings. The standard InChI is InChI=1S/C28H28FN7O3/c1-16-11-36(12-17(2)31-16)24-5-4-21(26-22(24)10-30-28(33-26)39-15-18-6-7-38-14-18)27(37)32-20-8-19-13-35(3)34-25(19)23(29)9-20/h4-10,13-14,16-17,31H,11-12,15H2,1-3H3,(H,32,37). The zero-order chi connectivity index (χ0) is 27.1. The van der Waals surface area contributed by atoms with Crippen LogP contribution in [0.2, 0.25) is 0 Å². The number of carbonyl (C=O) groups excluding carboxylic acids is 1. The van der Waals surface area contributed by atoms with Crippen molar-refractivity contribution in [1.29, 1.82) is 0 Å². The van der Waals surface area contributed by atoms with E-state index in [4.69, 9.17) is 9.15 Å². The van der Waals surface area contributed by atoms with Gasteiger partial charge in [-0.2, -0.15) is 10.1 Å². The first-order valence-corrected chi connectivity index (χ1v) is 12.7. The number of halogens is 1. The number of aryl methyl sites for hydroxylation is 1. The van der Waals surface area contributed by atoms with E-state index in [2.05, 4.69) is 44.4 Å². The van der Waals surface area contributed by atoms with Crippen LogP contribution in [-0.4, -0.2) is 50.8 Å². The van der Waals surface area contributed by atoms with Crippen molar-refractivity contribution in [2.45, 2.75) is 32.5 Å². The maximum atomic E-state index is 14.7. The molecule has 3 aromatic heterocycles. The van der Waals surface area contributed by atoms with Crippen LogP contribution in [0.5, 0.6) is 6.01 Å². The molecule has 0 bridgehead atoms. The van der Waals surface area contributed by atoms with E-state index in [9.17, 15) is 9.18 Å². The first-order chi connectivity index (χ1) is 18.8. The molecule has 6 rings (SSSR count). The number of hydrogen-bond donors (Lipinski definition) is 2. The number of benzene rings is 2. The number of hydrogen-bond acceptors (Lipinski definition) is 8. The Labute approximate surface area is 223 Å². The van der Waals surface area contributed by atoms with Gasteiger partial charge in [0.05, 0.1) is 23.6 Å². The molecular weight excluding hydrogens is 501 g/mol. The van der Waals surface area contributed by atoms with Gasteiger partial charge in [-0.25, -0.2) is 9.37 Å². The van der Waals surface area contributed by atoms with Crippen molar-refractivity contribution >= 4 is 39.1 Å². The van der Waals surface area contributed by atoms with Gasteiger partial charge in [-0.1, -0.05) is 0 Å². The summed E-state index contributed by atoms with van der Waals surface area (Å²) in [5, 5.41) is 11.8. The molecule has 0 radical (unpaired) electrons. The molecule has 200 valence electrons. The second-order valence-electron chi connectivity index (χ2n) is 9.99. The molecule has 2 unspecified atom stereocenters. The van der Waals surface area contributed by atoms with E-state index in [0.717, 1.165) is 29.7 Å². The topological polar surface area (TPSA) is 110 Å². The number of ether oxygens (including phenoxy) is 1. The van der Waals surface area contributed by atoms with Gasteiger partial charge in [0.2, 0.25) is 0 Å². The van der Waals surface area contributed by atoms with E-state index in [0.29, 0.717) is 34.2 Å². The Hall–Kier alpha value is -4.51. The number of amides is 1. The number of anilines is 2. The number of fused-ring (bicyclic) bond motifs is 2. The third-order valence-electron chi connectivity index (χ3n) is 6.73. The molecule has 1 amide bonds. The lowest BCUT2D eigenvalue weighted by molar-refractivity contribution is 0.102. The van der Waals surface area contributed by atoms with Crippen molar-refractivity contribution in [1.82, 2.24) is 25.1 Å². The summed E-state index contributed by atoms with van der Waals surface area (Å²) in [5.41, 5.74) is 3.12. The minimum absolute atomic E-state index is 0.139. The third-order valence-corrected chi connectivity index (χ3v) is 6.73. The monoisotopic (exact) mass is 529 g/mol. The Kier molecular flexibility index (Phi) is 6.35. The van der Waals surface area contributed by atoms with E-state index in [1.165, 1.54) is 10.7 Å². The molecule has 2 N–H and O–H groups in total. The third kappa shape index (κ3) is 5.00. The average molecular weight is 530 g/mol. The maximum Gasteiger partial charge on any atom is 0.317 e. The van der Waals surface area contributed by atoms with Gasteiger partial charge in [0.1, 0.15) is 12.1 Å². The number of piperazine rings is 1. The minimum atomic E-state index is -0.511. The molecule has 2 atom stereocenters. The van der Waals surface area contributed by atoms with Crippen LogP contribution in [0.15, 0.2) is 59.7 Å². The number of furan rings is 1. The highest BCUT2D eigenvalue weighted by molar-refractivity contribution is 6.14. The summed E-state index contributed by atoms with van der Waals surface area (Å²) in [5.74, 6) is -0.932. The van der Waals surface area contributed by atoms with Gasteiger partial charge in [0, 0.05) is 72.3 Å². The van der Waals surface area contributed by atoms with Gasteiger partial charge in [0.15, 0.2) is 5.82 Å². The summed E-state index contributed by atoms with van der Waals surface area (Å²) in [7, 11) is 1.72. The lowest BCUT2D eigenvalue weighted by Crippen LogP contribution is -2.54. The van der Waals surface area contributed by atoms with E-state index in [-0.39, 0.29) is 18.1 Å². The van der Waals surface area contributed by atoms with E-state index in [1.54, 1.807) is 50.2 Å². The number of rotatable bonds is 6. The predicted molar refractivity (Wildman–Crippen MR) is 145 cm³/mol. The highest BCUT2D eigenvalue weighted by Crippen LogP contribution is 2.31. The number of carbonyl (C=O) groups is 1.